The molecule has 25 heavy (non-hydrogen) atoms. The summed E-state index contributed by atoms with van der Waals surface area (Å²) in [5.41, 5.74) is 0.815. The fourth-order valence-corrected chi connectivity index (χ4v) is 1.39. The van der Waals surface area contributed by atoms with E-state index in [1.807, 2.05) is 0 Å². The maximum absolute atomic E-state index is 11.0. The average Bonchev–Trinajstić information content (AvgIpc) is 2.48. The summed E-state index contributed by atoms with van der Waals surface area (Å²) in [4.78, 5) is 21.8. The van der Waals surface area contributed by atoms with Crippen molar-refractivity contribution in [2.24, 2.45) is 0 Å². The van der Waals surface area contributed by atoms with Gasteiger partial charge in [0.05, 0.1) is 0 Å². The SMILES string of the molecule is C=[C-]C/C=C\CC.C[CH-]C(=O)Oc1cc(C)ccc1C(=O)O.[W+2].[W].[W]. The molecule has 0 aliphatic carbocycles. The van der Waals surface area contributed by atoms with Crippen LogP contribution in [-0.4, -0.2) is 17.0 Å². The minimum Gasteiger partial charge on any atom is -0.500 e. The van der Waals surface area contributed by atoms with Crippen LogP contribution in [0.15, 0.2) is 36.9 Å². The van der Waals surface area contributed by atoms with Crippen LogP contribution in [0.3, 0.4) is 0 Å². The van der Waals surface area contributed by atoms with Gasteiger partial charge in [-0.25, -0.2) is 4.79 Å². The number of carbonyl (C=O) groups excluding carboxylic acids is 1. The zero-order valence-corrected chi connectivity index (χ0v) is 23.3. The first-order valence-corrected chi connectivity index (χ1v) is 6.96. The summed E-state index contributed by atoms with van der Waals surface area (Å²) in [6, 6.07) is 4.58. The molecule has 0 heterocycles. The Labute approximate surface area is 193 Å². The summed E-state index contributed by atoms with van der Waals surface area (Å²) in [6.45, 7) is 8.88. The molecule has 0 saturated heterocycles. The Hall–Kier alpha value is -0.425. The van der Waals surface area contributed by atoms with E-state index in [9.17, 15) is 9.59 Å². The van der Waals surface area contributed by atoms with Crippen LogP contribution in [0, 0.1) is 19.4 Å². The molecule has 7 heteroatoms. The Bertz CT molecular complexity index is 543. The van der Waals surface area contributed by atoms with Crippen LogP contribution < -0.4 is 4.74 Å². The number of carbonyl (C=O) groups is 2. The van der Waals surface area contributed by atoms with Crippen molar-refractivity contribution >= 4 is 11.9 Å². The number of esters is 1. The Balaban J connectivity index is -0.000000192. The van der Waals surface area contributed by atoms with Gasteiger partial charge in [-0.2, -0.15) is 13.3 Å². The van der Waals surface area contributed by atoms with E-state index in [4.69, 9.17) is 9.84 Å². The topological polar surface area (TPSA) is 63.6 Å². The van der Waals surface area contributed by atoms with E-state index < -0.39 is 11.9 Å². The minimum atomic E-state index is -1.12. The van der Waals surface area contributed by atoms with Gasteiger partial charge < -0.3 is 15.9 Å². The first-order chi connectivity index (χ1) is 10.5. The largest absolute Gasteiger partial charge is 2.00 e. The standard InChI is InChI=1S/C11H11O4.C7H11.3W/c1-3-10(12)15-9-6-7(2)4-5-8(9)11(13)14;1-3-5-7-6-4-2;;;/h3-6H,1-2H3,(H,13,14);6-7H,1,4-5H2,2H3;;;/q2*-1;;;+2/b;7-6-;;;. The molecule has 0 fully saturated rings. The van der Waals surface area contributed by atoms with E-state index in [-0.39, 0.29) is 74.5 Å². The molecule has 1 aromatic carbocycles. The number of rotatable bonds is 6. The summed E-state index contributed by atoms with van der Waals surface area (Å²) in [5, 5.41) is 8.84. The number of aromatic carboxylic acids is 1. The van der Waals surface area contributed by atoms with Crippen molar-refractivity contribution in [1.29, 1.82) is 0 Å². The van der Waals surface area contributed by atoms with Crippen molar-refractivity contribution < 1.29 is 82.6 Å². The van der Waals surface area contributed by atoms with Crippen LogP contribution in [0.2, 0.25) is 0 Å². The number of carboxylic acid groups (broad SMARTS) is 1. The van der Waals surface area contributed by atoms with E-state index in [2.05, 4.69) is 31.7 Å². The smallest absolute Gasteiger partial charge is 0.500 e. The summed E-state index contributed by atoms with van der Waals surface area (Å²) < 4.78 is 4.86. The number of ether oxygens (including phenoxy) is 1. The molecule has 0 aliphatic rings. The molecule has 1 aromatic rings. The average molecular weight is 854 g/mol. The Morgan fingerprint density at radius 2 is 1.92 bits per heavy atom. The first-order valence-electron chi connectivity index (χ1n) is 6.96. The van der Waals surface area contributed by atoms with Crippen molar-refractivity contribution in [3.05, 3.63) is 60.6 Å². The van der Waals surface area contributed by atoms with E-state index >= 15 is 0 Å². The predicted molar refractivity (Wildman–Crippen MR) is 86.7 cm³/mol. The molecule has 136 valence electrons. The van der Waals surface area contributed by atoms with E-state index in [1.54, 1.807) is 13.0 Å². The fraction of sp³-hybridized carbons (Fsp3) is 0.278. The third kappa shape index (κ3) is 15.5. The van der Waals surface area contributed by atoms with Crippen LogP contribution in [0.4, 0.5) is 0 Å². The summed E-state index contributed by atoms with van der Waals surface area (Å²) in [6.07, 6.45) is 10.2. The number of allylic oxidation sites excluding steroid dienone is 3. The van der Waals surface area contributed by atoms with Gasteiger partial charge in [-0.05, 0) is 31.0 Å². The maximum Gasteiger partial charge on any atom is 2.00 e. The van der Waals surface area contributed by atoms with Crippen molar-refractivity contribution in [3.8, 4) is 5.75 Å². The second-order valence-corrected chi connectivity index (χ2v) is 4.35. The molecule has 4 nitrogen and oxygen atoms in total. The molecule has 0 bridgehead atoms. The van der Waals surface area contributed by atoms with Crippen LogP contribution >= 0.6 is 0 Å². The third-order valence-corrected chi connectivity index (χ3v) is 2.48. The van der Waals surface area contributed by atoms with Crippen LogP contribution in [0.25, 0.3) is 0 Å². The molecule has 0 amide bonds. The fourth-order valence-electron chi connectivity index (χ4n) is 1.39. The zero-order valence-electron chi connectivity index (χ0n) is 14.5. The number of benzene rings is 1. The van der Waals surface area contributed by atoms with Crippen LogP contribution in [-0.2, 0) is 68.0 Å². The van der Waals surface area contributed by atoms with Gasteiger partial charge in [0.15, 0.2) is 5.97 Å². The van der Waals surface area contributed by atoms with E-state index in [0.717, 1.165) is 18.4 Å². The first kappa shape index (κ1) is 32.3. The molecule has 0 aromatic heterocycles. The predicted octanol–water partition coefficient (Wildman–Crippen LogP) is 4.15. The van der Waals surface area contributed by atoms with E-state index in [0.29, 0.717) is 0 Å². The second-order valence-electron chi connectivity index (χ2n) is 4.35. The Morgan fingerprint density at radius 3 is 2.36 bits per heavy atom. The summed E-state index contributed by atoms with van der Waals surface area (Å²) in [5.74, 6) is -1.61. The molecule has 0 unspecified atom stereocenters. The molecule has 1 rings (SSSR count). The van der Waals surface area contributed by atoms with Crippen LogP contribution in [0.1, 0.15) is 42.6 Å². The van der Waals surface area contributed by atoms with Gasteiger partial charge in [0.2, 0.25) is 0 Å². The molecule has 0 saturated carbocycles. The molecule has 0 spiro atoms. The van der Waals surface area contributed by atoms with Crippen molar-refractivity contribution in [2.45, 2.75) is 33.6 Å². The Morgan fingerprint density at radius 1 is 1.32 bits per heavy atom. The second kappa shape index (κ2) is 19.9. The quantitative estimate of drug-likeness (QED) is 0.203. The number of aryl methyl sites for hydroxylation is 1. The molecular formula is C18H22O4W3. The third-order valence-electron chi connectivity index (χ3n) is 2.48. The van der Waals surface area contributed by atoms with Crippen molar-refractivity contribution in [1.82, 2.24) is 0 Å². The normalized spacial score (nSPS) is 8.44. The number of hydrogen-bond acceptors (Lipinski definition) is 3. The van der Waals surface area contributed by atoms with Gasteiger partial charge in [-0.1, -0.05) is 19.1 Å². The van der Waals surface area contributed by atoms with Crippen LogP contribution in [0.5, 0.6) is 5.75 Å². The van der Waals surface area contributed by atoms with Gasteiger partial charge in [0, 0.05) is 42.1 Å². The van der Waals surface area contributed by atoms with Crippen molar-refractivity contribution in [3.63, 3.8) is 0 Å². The zero-order chi connectivity index (χ0) is 17.0. The minimum absolute atomic E-state index is 0. The van der Waals surface area contributed by atoms with Crippen molar-refractivity contribution in [2.75, 3.05) is 0 Å². The van der Waals surface area contributed by atoms with Gasteiger partial charge in [-0.15, -0.1) is 6.08 Å². The van der Waals surface area contributed by atoms with E-state index in [1.165, 1.54) is 25.5 Å². The van der Waals surface area contributed by atoms with Gasteiger partial charge in [0.1, 0.15) is 11.3 Å². The molecule has 0 radical (unpaired) electrons. The summed E-state index contributed by atoms with van der Waals surface area (Å²) >= 11 is 0. The number of hydrogen-bond donors (Lipinski definition) is 1. The molecule has 0 atom stereocenters. The van der Waals surface area contributed by atoms with Gasteiger partial charge in [-0.3, -0.25) is 17.8 Å². The van der Waals surface area contributed by atoms with Gasteiger partial charge >= 0.3 is 27.0 Å². The number of carboxylic acids is 1. The molecule has 0 aliphatic heterocycles. The maximum atomic E-state index is 11.0. The molecule has 1 N–H and O–H groups in total. The van der Waals surface area contributed by atoms with Gasteiger partial charge in [0.25, 0.3) is 0 Å². The molecular weight excluding hydrogens is 832 g/mol. The summed E-state index contributed by atoms with van der Waals surface area (Å²) in [7, 11) is 0. The Kier molecular flexibility index (Phi) is 25.7. The monoisotopic (exact) mass is 854 g/mol.